The normalized spacial score (nSPS) is 21.9. The smallest absolute Gasteiger partial charge is 0.296 e. The second-order valence-corrected chi connectivity index (χ2v) is 23.7. The molecule has 15 nitrogen and oxygen atoms in total. The summed E-state index contributed by atoms with van der Waals surface area (Å²) < 4.78 is 99.0. The summed E-state index contributed by atoms with van der Waals surface area (Å²) in [5.41, 5.74) is 5.13. The number of aryl methyl sites for hydroxylation is 1. The number of hydrogen-bond donors (Lipinski definition) is 3. The highest BCUT2D eigenvalue weighted by molar-refractivity contribution is 7.86. The van der Waals surface area contributed by atoms with Gasteiger partial charge in [0, 0.05) is 88.8 Å². The Morgan fingerprint density at radius 2 is 0.920 bits per heavy atom. The average molecular weight is 1240 g/mol. The van der Waals surface area contributed by atoms with Crippen molar-refractivity contribution in [2.24, 2.45) is 23.7 Å². The number of carbonyl (C=O) groups is 3. The standard InChI is InChI=1S/C20H22FNO4S.C20H20FNO4.C13H16FNO2.C12H16FNO.3CH4/c1-15-2-8-19(9-3-15)27(24,25)26-13-17-12-22(14-23)11-10-20(17)16-4-6-18(21)7-5-16;21-16-3-1-14(2-4-16)18-7-8-22(12-23)10-15(18)11-24-17-5-6-19-20(9-17)26-13-25-19;14-12-3-1-10(2-4-12)13-5-6-15(9-17)7-11(13)8-16;13-11-3-1-9(2-4-11)12-5-6-14-7-10(12)8-15;;;/h2-9,14,17,20H,10-13H2,1H3;1-6,9,12,15,18H,7-8,10-11,13H2;1-4,9,11,13,16H,5-8H2;1-4,10,12,14-15H,5-8H2;3*1H4. The molecule has 4 fully saturated rings. The zero-order valence-electron chi connectivity index (χ0n) is 47.5. The lowest BCUT2D eigenvalue weighted by Gasteiger charge is -2.37. The van der Waals surface area contributed by atoms with Gasteiger partial charge in [-0.25, -0.2) is 17.6 Å². The summed E-state index contributed by atoms with van der Waals surface area (Å²) in [5, 5.41) is 21.9. The number of benzene rings is 6. The highest BCUT2D eigenvalue weighted by Crippen LogP contribution is 2.39. The molecular weight excluding hydrogens is 1160 g/mol. The molecule has 0 bridgehead atoms. The van der Waals surface area contributed by atoms with E-state index in [0.29, 0.717) is 75.5 Å². The molecule has 11 rings (SSSR count). The minimum atomic E-state index is -3.88. The fourth-order valence-corrected chi connectivity index (χ4v) is 12.8. The van der Waals surface area contributed by atoms with Crippen molar-refractivity contribution in [2.45, 2.75) is 83.5 Å². The molecule has 88 heavy (non-hydrogen) atoms. The molecule has 0 radical (unpaired) electrons. The van der Waals surface area contributed by atoms with Crippen LogP contribution in [0, 0.1) is 53.9 Å². The van der Waals surface area contributed by atoms with E-state index in [1.165, 1.54) is 60.7 Å². The van der Waals surface area contributed by atoms with Crippen LogP contribution in [0.2, 0.25) is 0 Å². The van der Waals surface area contributed by atoms with Crippen molar-refractivity contribution in [2.75, 3.05) is 85.6 Å². The fraction of sp³-hybridized carbons (Fsp3) is 0.426. The van der Waals surface area contributed by atoms with E-state index >= 15 is 0 Å². The van der Waals surface area contributed by atoms with Gasteiger partial charge in [-0.15, -0.1) is 0 Å². The maximum atomic E-state index is 13.2. The van der Waals surface area contributed by atoms with Gasteiger partial charge in [0.15, 0.2) is 11.5 Å². The zero-order valence-corrected chi connectivity index (χ0v) is 48.3. The maximum Gasteiger partial charge on any atom is 0.296 e. The van der Waals surface area contributed by atoms with Crippen molar-refractivity contribution in [3.05, 3.63) is 191 Å². The Morgan fingerprint density at radius 1 is 0.523 bits per heavy atom. The fourth-order valence-electron chi connectivity index (χ4n) is 11.8. The number of hydrogen-bond acceptors (Lipinski definition) is 12. The predicted molar refractivity (Wildman–Crippen MR) is 332 cm³/mol. The largest absolute Gasteiger partial charge is 0.493 e. The molecular formula is C68H86F4N4O11S. The van der Waals surface area contributed by atoms with Gasteiger partial charge in [0.25, 0.3) is 10.1 Å². The minimum Gasteiger partial charge on any atom is -0.493 e. The molecule has 3 amide bonds. The number of rotatable bonds is 16. The van der Waals surface area contributed by atoms with E-state index in [0.717, 1.165) is 79.4 Å². The number of aliphatic hydroxyl groups is 2. The van der Waals surface area contributed by atoms with Crippen LogP contribution in [0.3, 0.4) is 0 Å². The number of amides is 3. The molecule has 4 saturated heterocycles. The van der Waals surface area contributed by atoms with E-state index in [1.807, 2.05) is 49.4 Å². The van der Waals surface area contributed by atoms with Gasteiger partial charge in [0.2, 0.25) is 26.0 Å². The minimum absolute atomic E-state index is 0. The highest BCUT2D eigenvalue weighted by Gasteiger charge is 2.34. The summed E-state index contributed by atoms with van der Waals surface area (Å²) in [6.07, 6.45) is 5.80. The molecule has 0 spiro atoms. The van der Waals surface area contributed by atoms with Crippen molar-refractivity contribution in [1.29, 1.82) is 0 Å². The first-order valence-corrected chi connectivity index (χ1v) is 30.1. The van der Waals surface area contributed by atoms with E-state index in [9.17, 15) is 50.6 Å². The van der Waals surface area contributed by atoms with Gasteiger partial charge >= 0.3 is 0 Å². The van der Waals surface area contributed by atoms with Crippen LogP contribution >= 0.6 is 0 Å². The van der Waals surface area contributed by atoms with Gasteiger partial charge in [0.05, 0.1) is 18.1 Å². The Morgan fingerprint density at radius 3 is 1.35 bits per heavy atom. The first-order chi connectivity index (χ1) is 41.2. The third-order valence-electron chi connectivity index (χ3n) is 16.6. The predicted octanol–water partition coefficient (Wildman–Crippen LogP) is 11.1. The zero-order chi connectivity index (χ0) is 60.3. The van der Waals surface area contributed by atoms with E-state index in [-0.39, 0.29) is 118 Å². The SMILES string of the molecule is C.C.C.Cc1ccc(S(=O)(=O)OCC2CN(C=O)CCC2c2ccc(F)cc2)cc1.O=CN1CCC(c2ccc(F)cc2)C(CO)C1.O=CN1CCC(c2ccc(F)cc2)C(COc2ccc3c(c2)OCO3)C1.OCC1CNCCC1c1ccc(F)cc1. The molecule has 0 saturated carbocycles. The summed E-state index contributed by atoms with van der Waals surface area (Å²) in [7, 11) is -3.88. The van der Waals surface area contributed by atoms with Crippen LogP contribution < -0.4 is 19.5 Å². The van der Waals surface area contributed by atoms with E-state index < -0.39 is 10.1 Å². The number of piperidine rings is 4. The second-order valence-electron chi connectivity index (χ2n) is 22.1. The van der Waals surface area contributed by atoms with Crippen molar-refractivity contribution in [3.8, 4) is 17.2 Å². The van der Waals surface area contributed by atoms with Crippen LogP contribution in [-0.2, 0) is 28.7 Å². The number of nitrogens with one attached hydrogen (secondary N) is 1. The van der Waals surface area contributed by atoms with E-state index in [2.05, 4.69) is 5.32 Å². The molecule has 0 aliphatic carbocycles. The van der Waals surface area contributed by atoms with E-state index in [4.69, 9.17) is 18.4 Å². The number of nitrogens with zero attached hydrogens (tertiary/aromatic N) is 3. The average Bonchev–Trinajstić information content (AvgIpc) is 3.79. The Kier molecular flexibility index (Phi) is 28.4. The Bertz CT molecular complexity index is 3170. The number of carbonyl (C=O) groups excluding carboxylic acids is 3. The lowest BCUT2D eigenvalue weighted by atomic mass is 9.81. The van der Waals surface area contributed by atoms with Crippen molar-refractivity contribution < 1.29 is 69.0 Å². The van der Waals surface area contributed by atoms with Crippen LogP contribution in [0.15, 0.2) is 144 Å². The third-order valence-corrected chi connectivity index (χ3v) is 17.9. The first-order valence-electron chi connectivity index (χ1n) is 28.7. The molecule has 5 heterocycles. The summed E-state index contributed by atoms with van der Waals surface area (Å²) in [6.45, 7) is 8.14. The van der Waals surface area contributed by atoms with Crippen LogP contribution in [0.5, 0.6) is 17.2 Å². The molecule has 0 aromatic heterocycles. The third kappa shape index (κ3) is 19.8. The summed E-state index contributed by atoms with van der Waals surface area (Å²) in [4.78, 5) is 38.2. The lowest BCUT2D eigenvalue weighted by Crippen LogP contribution is -2.41. The number of ether oxygens (including phenoxy) is 3. The van der Waals surface area contributed by atoms with E-state index in [1.54, 1.807) is 51.1 Å². The molecule has 8 atom stereocenters. The van der Waals surface area contributed by atoms with Gasteiger partial charge in [-0.1, -0.05) is 88.5 Å². The van der Waals surface area contributed by atoms with Gasteiger partial charge in [0.1, 0.15) is 29.0 Å². The van der Waals surface area contributed by atoms with Gasteiger partial charge in [-0.3, -0.25) is 18.6 Å². The van der Waals surface area contributed by atoms with Crippen LogP contribution in [0.4, 0.5) is 17.6 Å². The van der Waals surface area contributed by atoms with Gasteiger partial charge < -0.3 is 44.4 Å². The van der Waals surface area contributed by atoms with Gasteiger partial charge in [-0.05, 0) is 158 Å². The number of aliphatic hydroxyl groups excluding tert-OH is 2. The molecule has 478 valence electrons. The monoisotopic (exact) mass is 1240 g/mol. The Balaban J connectivity index is 0.000000217. The first kappa shape index (κ1) is 71.4. The van der Waals surface area contributed by atoms with Crippen molar-refractivity contribution in [1.82, 2.24) is 20.0 Å². The highest BCUT2D eigenvalue weighted by atomic mass is 32.2. The second kappa shape index (κ2) is 35.0. The maximum absolute atomic E-state index is 13.2. The van der Waals surface area contributed by atoms with Crippen molar-refractivity contribution in [3.63, 3.8) is 0 Å². The number of fused-ring (bicyclic) bond motifs is 1. The molecule has 3 N–H and O–H groups in total. The molecule has 6 aromatic rings. The van der Waals surface area contributed by atoms with Crippen molar-refractivity contribution >= 4 is 29.3 Å². The number of likely N-dealkylation sites (tertiary alicyclic amines) is 3. The number of halogens is 4. The summed E-state index contributed by atoms with van der Waals surface area (Å²) >= 11 is 0. The summed E-state index contributed by atoms with van der Waals surface area (Å²) in [6, 6.07) is 37.8. The van der Waals surface area contributed by atoms with Gasteiger partial charge in [-0.2, -0.15) is 8.42 Å². The Labute approximate surface area is 516 Å². The molecule has 8 unspecified atom stereocenters. The summed E-state index contributed by atoms with van der Waals surface area (Å²) in [5.74, 6) is 2.09. The topological polar surface area (TPSA) is 184 Å². The van der Waals surface area contributed by atoms with Crippen LogP contribution in [0.25, 0.3) is 0 Å². The molecule has 6 aromatic carbocycles. The van der Waals surface area contributed by atoms with Crippen LogP contribution in [0.1, 0.15) is 99.5 Å². The lowest BCUT2D eigenvalue weighted by molar-refractivity contribution is -0.121. The quantitative estimate of drug-likeness (QED) is 0.0474. The Hall–Kier alpha value is -7.36. The van der Waals surface area contributed by atoms with Crippen LogP contribution in [-0.4, -0.2) is 138 Å². The molecule has 5 aliphatic heterocycles. The molecule has 5 aliphatic rings. The molecule has 20 heteroatoms.